The van der Waals surface area contributed by atoms with Gasteiger partial charge in [0.25, 0.3) is 0 Å². The van der Waals surface area contributed by atoms with Gasteiger partial charge in [-0.15, -0.1) is 0 Å². The van der Waals surface area contributed by atoms with Crippen molar-refractivity contribution in [1.82, 2.24) is 5.32 Å². The molecule has 1 atom stereocenters. The molecular formula is C10H21N3O3. The van der Waals surface area contributed by atoms with E-state index in [1.165, 1.54) is 0 Å². The number of nitrogens with two attached hydrogens (primary N) is 2. The third-order valence-corrected chi connectivity index (χ3v) is 1.61. The minimum atomic E-state index is -0.858. The van der Waals surface area contributed by atoms with Gasteiger partial charge >= 0.3 is 6.09 Å². The maximum atomic E-state index is 11.3. The van der Waals surface area contributed by atoms with E-state index in [9.17, 15) is 9.59 Å². The van der Waals surface area contributed by atoms with E-state index in [1.807, 2.05) is 0 Å². The molecule has 0 aliphatic heterocycles. The summed E-state index contributed by atoms with van der Waals surface area (Å²) in [6.45, 7) is 7.05. The van der Waals surface area contributed by atoms with Gasteiger partial charge in [-0.25, -0.2) is 4.79 Å². The fourth-order valence-corrected chi connectivity index (χ4v) is 1.05. The quantitative estimate of drug-likeness (QED) is 0.638. The second-order valence-corrected chi connectivity index (χ2v) is 5.15. The Kier molecular flexibility index (Phi) is 4.74. The van der Waals surface area contributed by atoms with Crippen LogP contribution in [0.5, 0.6) is 0 Å². The Morgan fingerprint density at radius 1 is 1.25 bits per heavy atom. The molecule has 0 aromatic rings. The molecular weight excluding hydrogens is 210 g/mol. The van der Waals surface area contributed by atoms with Gasteiger partial charge in [0.2, 0.25) is 5.91 Å². The van der Waals surface area contributed by atoms with Gasteiger partial charge in [-0.05, 0) is 27.7 Å². The van der Waals surface area contributed by atoms with Crippen molar-refractivity contribution in [3.63, 3.8) is 0 Å². The molecule has 0 aliphatic rings. The fourth-order valence-electron chi connectivity index (χ4n) is 1.05. The highest BCUT2D eigenvalue weighted by Crippen LogP contribution is 2.07. The van der Waals surface area contributed by atoms with Gasteiger partial charge in [-0.3, -0.25) is 4.79 Å². The Morgan fingerprint density at radius 2 is 1.75 bits per heavy atom. The van der Waals surface area contributed by atoms with Crippen LogP contribution in [-0.4, -0.2) is 29.7 Å². The molecule has 2 amide bonds. The fraction of sp³-hybridized carbons (Fsp3) is 0.800. The number of rotatable bonds is 4. The third kappa shape index (κ3) is 8.05. The summed E-state index contributed by atoms with van der Waals surface area (Å²) in [5, 5.41) is 2.49. The molecule has 0 rings (SSSR count). The van der Waals surface area contributed by atoms with E-state index in [1.54, 1.807) is 27.7 Å². The Hall–Kier alpha value is -1.30. The molecule has 0 saturated heterocycles. The lowest BCUT2D eigenvalue weighted by Crippen LogP contribution is -2.50. The molecule has 6 heteroatoms. The Bertz CT molecular complexity index is 269. The van der Waals surface area contributed by atoms with Crippen molar-refractivity contribution in [3.8, 4) is 0 Å². The zero-order valence-corrected chi connectivity index (χ0v) is 10.3. The lowest BCUT2D eigenvalue weighted by atomic mass is 9.99. The average molecular weight is 231 g/mol. The van der Waals surface area contributed by atoms with Crippen LogP contribution in [0, 0.1) is 0 Å². The monoisotopic (exact) mass is 231 g/mol. The van der Waals surface area contributed by atoms with E-state index in [4.69, 9.17) is 16.2 Å². The molecule has 0 aliphatic carbocycles. The van der Waals surface area contributed by atoms with E-state index in [-0.39, 0.29) is 13.0 Å². The summed E-state index contributed by atoms with van der Waals surface area (Å²) in [5.41, 5.74) is 9.37. The lowest BCUT2D eigenvalue weighted by Gasteiger charge is -2.25. The van der Waals surface area contributed by atoms with Gasteiger partial charge in [0, 0.05) is 18.5 Å². The predicted molar refractivity (Wildman–Crippen MR) is 60.6 cm³/mol. The third-order valence-electron chi connectivity index (χ3n) is 1.61. The van der Waals surface area contributed by atoms with Gasteiger partial charge in [-0.2, -0.15) is 0 Å². The van der Waals surface area contributed by atoms with E-state index in [0.717, 1.165) is 0 Å². The molecule has 0 aromatic carbocycles. The first kappa shape index (κ1) is 14.7. The standard InChI is InChI=1S/C10H21N3O3/c1-9(2,3)16-8(15)13-6-10(4,12)5-7(11)14/h5-6,12H2,1-4H3,(H2,11,14)(H,13,15). The van der Waals surface area contributed by atoms with Gasteiger partial charge in [0.1, 0.15) is 5.60 Å². The summed E-state index contributed by atoms with van der Waals surface area (Å²) >= 11 is 0. The van der Waals surface area contributed by atoms with E-state index >= 15 is 0 Å². The number of hydrogen-bond acceptors (Lipinski definition) is 4. The van der Waals surface area contributed by atoms with Gasteiger partial charge in [0.05, 0.1) is 0 Å². The van der Waals surface area contributed by atoms with Crippen molar-refractivity contribution in [2.24, 2.45) is 11.5 Å². The second-order valence-electron chi connectivity index (χ2n) is 5.15. The molecule has 6 nitrogen and oxygen atoms in total. The number of alkyl carbamates (subject to hydrolysis) is 1. The minimum absolute atomic E-state index is 0.00278. The second kappa shape index (κ2) is 5.16. The molecule has 5 N–H and O–H groups in total. The van der Waals surface area contributed by atoms with Crippen LogP contribution in [0.25, 0.3) is 0 Å². The number of hydrogen-bond donors (Lipinski definition) is 3. The van der Waals surface area contributed by atoms with Gasteiger partial charge < -0.3 is 21.5 Å². The number of carbonyl (C=O) groups is 2. The number of amides is 2. The maximum absolute atomic E-state index is 11.3. The topological polar surface area (TPSA) is 107 Å². The molecule has 0 saturated carbocycles. The van der Waals surface area contributed by atoms with Crippen molar-refractivity contribution in [3.05, 3.63) is 0 Å². The van der Waals surface area contributed by atoms with Gasteiger partial charge in [-0.1, -0.05) is 0 Å². The molecule has 94 valence electrons. The van der Waals surface area contributed by atoms with Crippen LogP contribution in [0.2, 0.25) is 0 Å². The highest BCUT2D eigenvalue weighted by atomic mass is 16.6. The number of carbonyl (C=O) groups excluding carboxylic acids is 2. The van der Waals surface area contributed by atoms with Crippen molar-refractivity contribution in [1.29, 1.82) is 0 Å². The van der Waals surface area contributed by atoms with Crippen LogP contribution in [-0.2, 0) is 9.53 Å². The van der Waals surface area contributed by atoms with Crippen molar-refractivity contribution in [2.45, 2.75) is 45.3 Å². The van der Waals surface area contributed by atoms with Crippen LogP contribution in [0.4, 0.5) is 4.79 Å². The summed E-state index contributed by atoms with van der Waals surface area (Å²) in [4.78, 5) is 22.0. The first-order valence-corrected chi connectivity index (χ1v) is 5.06. The molecule has 16 heavy (non-hydrogen) atoms. The van der Waals surface area contributed by atoms with Crippen LogP contribution in [0.3, 0.4) is 0 Å². The van der Waals surface area contributed by atoms with Crippen molar-refractivity contribution >= 4 is 12.0 Å². The number of primary amides is 1. The molecule has 0 aromatic heterocycles. The molecule has 0 radical (unpaired) electrons. The normalized spacial score (nSPS) is 15.1. The Morgan fingerprint density at radius 3 is 2.12 bits per heavy atom. The molecule has 0 bridgehead atoms. The summed E-state index contributed by atoms with van der Waals surface area (Å²) in [7, 11) is 0. The van der Waals surface area contributed by atoms with Crippen molar-refractivity contribution in [2.75, 3.05) is 6.54 Å². The van der Waals surface area contributed by atoms with E-state index < -0.39 is 23.1 Å². The van der Waals surface area contributed by atoms with Crippen LogP contribution >= 0.6 is 0 Å². The SMILES string of the molecule is CC(N)(CNC(=O)OC(C)(C)C)CC(N)=O. The predicted octanol–water partition coefficient (Wildman–Crippen LogP) is 0.104. The van der Waals surface area contributed by atoms with E-state index in [0.29, 0.717) is 0 Å². The largest absolute Gasteiger partial charge is 0.444 e. The number of nitrogens with one attached hydrogen (secondary N) is 1. The molecule has 1 unspecified atom stereocenters. The van der Waals surface area contributed by atoms with Crippen LogP contribution in [0.15, 0.2) is 0 Å². The smallest absolute Gasteiger partial charge is 0.407 e. The zero-order valence-electron chi connectivity index (χ0n) is 10.3. The van der Waals surface area contributed by atoms with E-state index in [2.05, 4.69) is 5.32 Å². The summed E-state index contributed by atoms with van der Waals surface area (Å²) in [5.74, 6) is -0.504. The highest BCUT2D eigenvalue weighted by Gasteiger charge is 2.23. The van der Waals surface area contributed by atoms with Crippen molar-refractivity contribution < 1.29 is 14.3 Å². The maximum Gasteiger partial charge on any atom is 0.407 e. The lowest BCUT2D eigenvalue weighted by molar-refractivity contribution is -0.119. The number of ether oxygens (including phenoxy) is 1. The molecule has 0 fully saturated rings. The Labute approximate surface area is 95.7 Å². The molecule has 0 heterocycles. The minimum Gasteiger partial charge on any atom is -0.444 e. The summed E-state index contributed by atoms with van der Waals surface area (Å²) in [6.07, 6.45) is -0.559. The first-order valence-electron chi connectivity index (χ1n) is 5.06. The first-order chi connectivity index (χ1) is 7.02. The van der Waals surface area contributed by atoms with Crippen LogP contribution < -0.4 is 16.8 Å². The van der Waals surface area contributed by atoms with Gasteiger partial charge in [0.15, 0.2) is 0 Å². The molecule has 0 spiro atoms. The zero-order chi connectivity index (χ0) is 13.0. The highest BCUT2D eigenvalue weighted by molar-refractivity contribution is 5.75. The average Bonchev–Trinajstić information content (AvgIpc) is 1.95. The summed E-state index contributed by atoms with van der Waals surface area (Å²) < 4.78 is 5.02. The van der Waals surface area contributed by atoms with Crippen LogP contribution in [0.1, 0.15) is 34.1 Å². The summed E-state index contributed by atoms with van der Waals surface area (Å²) in [6, 6.07) is 0. The Balaban J connectivity index is 4.05.